The van der Waals surface area contributed by atoms with Crippen molar-refractivity contribution in [2.45, 2.75) is 38.7 Å². The molecule has 0 aromatic carbocycles. The Labute approximate surface area is 74.6 Å². The molecule has 1 spiro atoms. The zero-order valence-electron chi connectivity index (χ0n) is 7.92. The number of aliphatic hydroxyl groups is 1. The van der Waals surface area contributed by atoms with E-state index in [-0.39, 0.29) is 6.10 Å². The second kappa shape index (κ2) is 3.00. The van der Waals surface area contributed by atoms with E-state index in [1.54, 1.807) is 0 Å². The van der Waals surface area contributed by atoms with Crippen LogP contribution in [0.1, 0.15) is 32.6 Å². The molecule has 0 radical (unpaired) electrons. The zero-order chi connectivity index (χ0) is 8.60. The summed E-state index contributed by atoms with van der Waals surface area (Å²) in [6.45, 7) is 5.45. The maximum Gasteiger partial charge on any atom is 0.0664 e. The van der Waals surface area contributed by atoms with Crippen LogP contribution >= 0.6 is 0 Å². The summed E-state index contributed by atoms with van der Waals surface area (Å²) in [7, 11) is 0. The van der Waals surface area contributed by atoms with Gasteiger partial charge < -0.3 is 5.11 Å². The standard InChI is InChI=1S/C10H19NO/c1-2-9(12)6-11-7-10(8-11)4-3-5-10/h9,12H,2-8H2,1H3. The normalized spacial score (nSPS) is 29.5. The van der Waals surface area contributed by atoms with Crippen LogP contribution in [0.3, 0.4) is 0 Å². The van der Waals surface area contributed by atoms with Crippen LogP contribution in [-0.4, -0.2) is 35.7 Å². The summed E-state index contributed by atoms with van der Waals surface area (Å²) >= 11 is 0. The molecule has 2 rings (SSSR count). The Balaban J connectivity index is 1.67. The molecule has 0 amide bonds. The second-order valence-electron chi connectivity index (χ2n) is 4.59. The van der Waals surface area contributed by atoms with Crippen molar-refractivity contribution in [2.75, 3.05) is 19.6 Å². The first-order valence-electron chi connectivity index (χ1n) is 5.14. The highest BCUT2D eigenvalue weighted by Crippen LogP contribution is 2.47. The number of rotatable bonds is 3. The Morgan fingerprint density at radius 2 is 2.08 bits per heavy atom. The molecule has 70 valence electrons. The Morgan fingerprint density at radius 3 is 2.50 bits per heavy atom. The van der Waals surface area contributed by atoms with Crippen molar-refractivity contribution in [3.05, 3.63) is 0 Å². The first-order valence-corrected chi connectivity index (χ1v) is 5.14. The van der Waals surface area contributed by atoms with Crippen molar-refractivity contribution in [2.24, 2.45) is 5.41 Å². The second-order valence-corrected chi connectivity index (χ2v) is 4.59. The lowest BCUT2D eigenvalue weighted by Gasteiger charge is -2.56. The molecule has 2 aliphatic rings. The highest BCUT2D eigenvalue weighted by atomic mass is 16.3. The van der Waals surface area contributed by atoms with E-state index in [0.29, 0.717) is 5.41 Å². The van der Waals surface area contributed by atoms with Crippen LogP contribution in [-0.2, 0) is 0 Å². The summed E-state index contributed by atoms with van der Waals surface area (Å²) in [6, 6.07) is 0. The highest BCUT2D eigenvalue weighted by molar-refractivity contribution is 5.00. The topological polar surface area (TPSA) is 23.5 Å². The van der Waals surface area contributed by atoms with Gasteiger partial charge in [-0.25, -0.2) is 0 Å². The van der Waals surface area contributed by atoms with Crippen molar-refractivity contribution < 1.29 is 5.11 Å². The van der Waals surface area contributed by atoms with Crippen molar-refractivity contribution in [3.63, 3.8) is 0 Å². The van der Waals surface area contributed by atoms with Gasteiger partial charge in [-0.15, -0.1) is 0 Å². The number of aliphatic hydroxyl groups excluding tert-OH is 1. The monoisotopic (exact) mass is 169 g/mol. The van der Waals surface area contributed by atoms with Crippen LogP contribution < -0.4 is 0 Å². The average molecular weight is 169 g/mol. The summed E-state index contributed by atoms with van der Waals surface area (Å²) in [6.07, 6.45) is 5.10. The van der Waals surface area contributed by atoms with Gasteiger partial charge in [0.25, 0.3) is 0 Å². The van der Waals surface area contributed by atoms with Crippen LogP contribution in [0.5, 0.6) is 0 Å². The minimum atomic E-state index is -0.0950. The lowest BCUT2D eigenvalue weighted by atomic mass is 9.63. The van der Waals surface area contributed by atoms with E-state index in [2.05, 4.69) is 4.90 Å². The molecular weight excluding hydrogens is 150 g/mol. The maximum absolute atomic E-state index is 9.41. The van der Waals surface area contributed by atoms with E-state index in [1.165, 1.54) is 32.4 Å². The molecule has 2 fully saturated rings. The Hall–Kier alpha value is -0.0800. The number of hydrogen-bond acceptors (Lipinski definition) is 2. The van der Waals surface area contributed by atoms with Crippen LogP contribution in [0, 0.1) is 5.41 Å². The Morgan fingerprint density at radius 1 is 1.42 bits per heavy atom. The molecule has 12 heavy (non-hydrogen) atoms. The summed E-state index contributed by atoms with van der Waals surface area (Å²) in [4.78, 5) is 2.40. The summed E-state index contributed by atoms with van der Waals surface area (Å²) in [5, 5.41) is 9.41. The third-order valence-electron chi connectivity index (χ3n) is 3.47. The smallest absolute Gasteiger partial charge is 0.0664 e. The third kappa shape index (κ3) is 1.38. The molecule has 1 aliphatic carbocycles. The SMILES string of the molecule is CCC(O)CN1CC2(CCC2)C1. The van der Waals surface area contributed by atoms with Gasteiger partial charge in [0, 0.05) is 19.6 Å². The molecule has 0 aromatic rings. The van der Waals surface area contributed by atoms with Crippen molar-refractivity contribution in [3.8, 4) is 0 Å². The van der Waals surface area contributed by atoms with E-state index in [4.69, 9.17) is 0 Å². The number of β-amino-alcohol motifs (C(OH)–C–C–N with tert-alkyl or cyclic N) is 1. The Bertz CT molecular complexity index is 154. The molecule has 2 nitrogen and oxygen atoms in total. The molecule has 0 bridgehead atoms. The van der Waals surface area contributed by atoms with Gasteiger partial charge in [-0.1, -0.05) is 13.3 Å². The van der Waals surface area contributed by atoms with Crippen molar-refractivity contribution in [1.29, 1.82) is 0 Å². The summed E-state index contributed by atoms with van der Waals surface area (Å²) in [5.41, 5.74) is 0.716. The minimum absolute atomic E-state index is 0.0950. The maximum atomic E-state index is 9.41. The molecule has 1 saturated heterocycles. The van der Waals surface area contributed by atoms with Gasteiger partial charge in [-0.2, -0.15) is 0 Å². The zero-order valence-corrected chi connectivity index (χ0v) is 7.92. The molecule has 2 heteroatoms. The van der Waals surface area contributed by atoms with E-state index in [0.717, 1.165) is 13.0 Å². The first kappa shape index (κ1) is 8.52. The van der Waals surface area contributed by atoms with Crippen molar-refractivity contribution >= 4 is 0 Å². The van der Waals surface area contributed by atoms with E-state index >= 15 is 0 Å². The molecule has 1 atom stereocenters. The van der Waals surface area contributed by atoms with Crippen LogP contribution in [0.15, 0.2) is 0 Å². The molecule has 1 aliphatic heterocycles. The molecule has 1 heterocycles. The van der Waals surface area contributed by atoms with Gasteiger partial charge in [-0.3, -0.25) is 4.90 Å². The van der Waals surface area contributed by atoms with Gasteiger partial charge in [0.15, 0.2) is 0 Å². The first-order chi connectivity index (χ1) is 5.74. The quantitative estimate of drug-likeness (QED) is 0.687. The summed E-state index contributed by atoms with van der Waals surface area (Å²) in [5.74, 6) is 0. The van der Waals surface area contributed by atoms with E-state index in [9.17, 15) is 5.11 Å². The number of likely N-dealkylation sites (tertiary alicyclic amines) is 1. The van der Waals surface area contributed by atoms with Gasteiger partial charge >= 0.3 is 0 Å². The lowest BCUT2D eigenvalue weighted by Crippen LogP contribution is -2.60. The fourth-order valence-electron chi connectivity index (χ4n) is 2.45. The number of hydrogen-bond donors (Lipinski definition) is 1. The van der Waals surface area contributed by atoms with E-state index in [1.807, 2.05) is 6.92 Å². The average Bonchev–Trinajstić information content (AvgIpc) is 1.91. The number of nitrogens with zero attached hydrogens (tertiary/aromatic N) is 1. The predicted molar refractivity (Wildman–Crippen MR) is 49.0 cm³/mol. The largest absolute Gasteiger partial charge is 0.392 e. The fraction of sp³-hybridized carbons (Fsp3) is 1.00. The molecular formula is C10H19NO. The van der Waals surface area contributed by atoms with Crippen LogP contribution in [0.2, 0.25) is 0 Å². The lowest BCUT2D eigenvalue weighted by molar-refractivity contribution is -0.0761. The van der Waals surface area contributed by atoms with Crippen LogP contribution in [0.4, 0.5) is 0 Å². The summed E-state index contributed by atoms with van der Waals surface area (Å²) < 4.78 is 0. The van der Waals surface area contributed by atoms with Gasteiger partial charge in [0.05, 0.1) is 6.10 Å². The predicted octanol–water partition coefficient (Wildman–Crippen LogP) is 1.24. The molecule has 1 N–H and O–H groups in total. The highest BCUT2D eigenvalue weighted by Gasteiger charge is 2.46. The minimum Gasteiger partial charge on any atom is -0.392 e. The Kier molecular flexibility index (Phi) is 2.13. The van der Waals surface area contributed by atoms with Gasteiger partial charge in [-0.05, 0) is 24.7 Å². The van der Waals surface area contributed by atoms with Crippen molar-refractivity contribution in [1.82, 2.24) is 4.90 Å². The molecule has 0 aromatic heterocycles. The van der Waals surface area contributed by atoms with Gasteiger partial charge in [0.2, 0.25) is 0 Å². The van der Waals surface area contributed by atoms with E-state index < -0.39 is 0 Å². The van der Waals surface area contributed by atoms with Gasteiger partial charge in [0.1, 0.15) is 0 Å². The molecule has 1 unspecified atom stereocenters. The third-order valence-corrected chi connectivity index (χ3v) is 3.47. The molecule has 1 saturated carbocycles. The fourth-order valence-corrected chi connectivity index (χ4v) is 2.45. The van der Waals surface area contributed by atoms with Crippen LogP contribution in [0.25, 0.3) is 0 Å².